The first-order chi connectivity index (χ1) is 9.51. The summed E-state index contributed by atoms with van der Waals surface area (Å²) in [4.78, 5) is 36.4. The average molecular weight is 299 g/mol. The average Bonchev–Trinajstić information content (AvgIpc) is 2.39. The van der Waals surface area contributed by atoms with Crippen molar-refractivity contribution in [2.75, 3.05) is 24.2 Å². The Hall–Kier alpha value is -1.96. The zero-order valence-corrected chi connectivity index (χ0v) is 11.9. The summed E-state index contributed by atoms with van der Waals surface area (Å²) in [5.41, 5.74) is 0. The number of anilines is 2. The molecule has 8 nitrogen and oxygen atoms in total. The van der Waals surface area contributed by atoms with Gasteiger partial charge in [-0.3, -0.25) is 14.5 Å². The normalized spacial score (nSPS) is 19.1. The van der Waals surface area contributed by atoms with Gasteiger partial charge in [0.15, 0.2) is 0 Å². The zero-order chi connectivity index (χ0) is 14.7. The molecule has 0 bridgehead atoms. The summed E-state index contributed by atoms with van der Waals surface area (Å²) in [5.74, 6) is 0.0580. The number of likely N-dealkylation sites (N-methyl/N-ethyl adjacent to an activating group) is 1. The second-order valence-electron chi connectivity index (χ2n) is 4.31. The lowest BCUT2D eigenvalue weighted by Gasteiger charge is -2.28. The first-order valence-electron chi connectivity index (χ1n) is 6.23. The fourth-order valence-corrected chi connectivity index (χ4v) is 2.02. The molecule has 0 aromatic carbocycles. The van der Waals surface area contributed by atoms with Gasteiger partial charge in [-0.1, -0.05) is 0 Å². The Morgan fingerprint density at radius 3 is 2.70 bits per heavy atom. The minimum atomic E-state index is -0.536. The van der Waals surface area contributed by atoms with E-state index >= 15 is 0 Å². The molecule has 108 valence electrons. The highest BCUT2D eigenvalue weighted by Crippen LogP contribution is 2.16. The molecule has 1 saturated heterocycles. The van der Waals surface area contributed by atoms with Gasteiger partial charge in [0.25, 0.3) is 5.91 Å². The topological polar surface area (TPSA) is 100 Å². The highest BCUT2D eigenvalue weighted by Gasteiger charge is 2.32. The summed E-state index contributed by atoms with van der Waals surface area (Å²) in [6.45, 7) is 2.54. The molecule has 2 amide bonds. The van der Waals surface area contributed by atoms with Crippen LogP contribution in [0.5, 0.6) is 0 Å². The smallest absolute Gasteiger partial charge is 0.251 e. The summed E-state index contributed by atoms with van der Waals surface area (Å²) in [6, 6.07) is -0.536. The van der Waals surface area contributed by atoms with Crippen molar-refractivity contribution in [2.45, 2.75) is 25.8 Å². The number of imide groups is 1. The molecule has 0 radical (unpaired) electrons. The molecular formula is C11H15ClN6O2. The van der Waals surface area contributed by atoms with Crippen molar-refractivity contribution in [3.8, 4) is 0 Å². The Morgan fingerprint density at radius 2 is 2.00 bits per heavy atom. The number of aromatic nitrogens is 3. The number of rotatable bonds is 4. The fraction of sp³-hybridized carbons (Fsp3) is 0.545. The minimum absolute atomic E-state index is 0.0335. The quantitative estimate of drug-likeness (QED) is 0.781. The van der Waals surface area contributed by atoms with Gasteiger partial charge in [-0.15, -0.1) is 0 Å². The van der Waals surface area contributed by atoms with E-state index in [9.17, 15) is 9.59 Å². The minimum Gasteiger partial charge on any atom is -0.354 e. The molecule has 1 atom stereocenters. The third-order valence-corrected chi connectivity index (χ3v) is 3.07. The monoisotopic (exact) mass is 298 g/mol. The highest BCUT2D eigenvalue weighted by molar-refractivity contribution is 6.28. The number of amides is 2. The largest absolute Gasteiger partial charge is 0.354 e. The van der Waals surface area contributed by atoms with E-state index < -0.39 is 6.04 Å². The SMILES string of the molecule is CCNc1nc(Cl)nc(NC2CCC(=O)N(C)C2=O)n1. The lowest BCUT2D eigenvalue weighted by Crippen LogP contribution is -2.48. The molecule has 2 N–H and O–H groups in total. The lowest BCUT2D eigenvalue weighted by molar-refractivity contribution is -0.146. The van der Waals surface area contributed by atoms with E-state index in [-0.39, 0.29) is 23.0 Å². The number of hydrogen-bond acceptors (Lipinski definition) is 7. The molecule has 9 heteroatoms. The molecule has 1 fully saturated rings. The van der Waals surface area contributed by atoms with E-state index in [2.05, 4.69) is 25.6 Å². The summed E-state index contributed by atoms with van der Waals surface area (Å²) < 4.78 is 0. The Labute approximate surface area is 120 Å². The molecule has 0 spiro atoms. The van der Waals surface area contributed by atoms with Crippen LogP contribution < -0.4 is 10.6 Å². The van der Waals surface area contributed by atoms with Crippen LogP contribution in [0, 0.1) is 0 Å². The maximum absolute atomic E-state index is 12.0. The van der Waals surface area contributed by atoms with Crippen molar-refractivity contribution in [3.63, 3.8) is 0 Å². The second-order valence-corrected chi connectivity index (χ2v) is 4.65. The summed E-state index contributed by atoms with van der Waals surface area (Å²) in [5, 5.41) is 5.84. The molecule has 2 heterocycles. The van der Waals surface area contributed by atoms with E-state index in [1.807, 2.05) is 6.92 Å². The van der Waals surface area contributed by atoms with Crippen molar-refractivity contribution in [3.05, 3.63) is 5.28 Å². The Morgan fingerprint density at radius 1 is 1.30 bits per heavy atom. The van der Waals surface area contributed by atoms with Crippen LogP contribution in [0.1, 0.15) is 19.8 Å². The Balaban J connectivity index is 2.13. The fourth-order valence-electron chi connectivity index (χ4n) is 1.86. The highest BCUT2D eigenvalue weighted by atomic mass is 35.5. The van der Waals surface area contributed by atoms with Crippen LogP contribution in [0.4, 0.5) is 11.9 Å². The van der Waals surface area contributed by atoms with Gasteiger partial charge in [0, 0.05) is 20.0 Å². The van der Waals surface area contributed by atoms with Crippen LogP contribution in [-0.4, -0.2) is 51.3 Å². The maximum Gasteiger partial charge on any atom is 0.251 e. The number of piperidine rings is 1. The summed E-state index contributed by atoms with van der Waals surface area (Å²) in [6.07, 6.45) is 0.709. The predicted octanol–water partition coefficient (Wildman–Crippen LogP) is 0.516. The Kier molecular flexibility index (Phi) is 4.33. The molecular weight excluding hydrogens is 284 g/mol. The molecule has 1 aliphatic heterocycles. The van der Waals surface area contributed by atoms with Gasteiger partial charge in [0.05, 0.1) is 0 Å². The first kappa shape index (κ1) is 14.4. The van der Waals surface area contributed by atoms with Crippen molar-refractivity contribution in [1.29, 1.82) is 0 Å². The second kappa shape index (κ2) is 6.00. The number of nitrogens with one attached hydrogen (secondary N) is 2. The van der Waals surface area contributed by atoms with Crippen molar-refractivity contribution in [1.82, 2.24) is 19.9 Å². The van der Waals surface area contributed by atoms with Crippen molar-refractivity contribution < 1.29 is 9.59 Å². The number of carbonyl (C=O) groups is 2. The number of carbonyl (C=O) groups excluding carboxylic acids is 2. The van der Waals surface area contributed by atoms with Crippen LogP contribution >= 0.6 is 11.6 Å². The first-order valence-corrected chi connectivity index (χ1v) is 6.61. The van der Waals surface area contributed by atoms with Gasteiger partial charge in [0.2, 0.25) is 23.1 Å². The van der Waals surface area contributed by atoms with Gasteiger partial charge in [0.1, 0.15) is 6.04 Å². The molecule has 0 saturated carbocycles. The zero-order valence-electron chi connectivity index (χ0n) is 11.2. The van der Waals surface area contributed by atoms with Gasteiger partial charge >= 0.3 is 0 Å². The van der Waals surface area contributed by atoms with Gasteiger partial charge in [-0.25, -0.2) is 0 Å². The summed E-state index contributed by atoms with van der Waals surface area (Å²) in [7, 11) is 1.46. The number of likely N-dealkylation sites (tertiary alicyclic amines) is 1. The van der Waals surface area contributed by atoms with Crippen LogP contribution in [0.2, 0.25) is 5.28 Å². The molecule has 1 unspecified atom stereocenters. The van der Waals surface area contributed by atoms with E-state index in [1.165, 1.54) is 7.05 Å². The standard InChI is InChI=1S/C11H15ClN6O2/c1-3-13-10-15-9(12)16-11(17-10)14-6-4-5-7(19)18(2)8(6)20/h6H,3-5H2,1-2H3,(H2,13,14,15,16,17). The molecule has 1 aliphatic rings. The van der Waals surface area contributed by atoms with E-state index in [0.29, 0.717) is 25.3 Å². The van der Waals surface area contributed by atoms with Crippen LogP contribution in [0.25, 0.3) is 0 Å². The van der Waals surface area contributed by atoms with Crippen molar-refractivity contribution in [2.24, 2.45) is 0 Å². The molecule has 2 rings (SSSR count). The summed E-state index contributed by atoms with van der Waals surface area (Å²) >= 11 is 5.80. The van der Waals surface area contributed by atoms with Crippen LogP contribution in [-0.2, 0) is 9.59 Å². The molecule has 1 aromatic heterocycles. The van der Waals surface area contributed by atoms with Crippen LogP contribution in [0.3, 0.4) is 0 Å². The number of hydrogen-bond donors (Lipinski definition) is 2. The molecule has 0 aliphatic carbocycles. The van der Waals surface area contributed by atoms with Gasteiger partial charge in [-0.2, -0.15) is 15.0 Å². The van der Waals surface area contributed by atoms with E-state index in [1.54, 1.807) is 0 Å². The van der Waals surface area contributed by atoms with Gasteiger partial charge < -0.3 is 10.6 Å². The molecule has 1 aromatic rings. The van der Waals surface area contributed by atoms with E-state index in [4.69, 9.17) is 11.6 Å². The van der Waals surface area contributed by atoms with E-state index in [0.717, 1.165) is 4.90 Å². The van der Waals surface area contributed by atoms with Crippen molar-refractivity contribution >= 4 is 35.3 Å². The van der Waals surface area contributed by atoms with Crippen LogP contribution in [0.15, 0.2) is 0 Å². The third kappa shape index (κ3) is 3.13. The molecule has 20 heavy (non-hydrogen) atoms. The third-order valence-electron chi connectivity index (χ3n) is 2.90. The number of nitrogens with zero attached hydrogens (tertiary/aromatic N) is 4. The van der Waals surface area contributed by atoms with Gasteiger partial charge in [-0.05, 0) is 24.9 Å². The number of halogens is 1. The Bertz CT molecular complexity index is 538. The lowest BCUT2D eigenvalue weighted by atomic mass is 10.1. The maximum atomic E-state index is 12.0. The predicted molar refractivity (Wildman–Crippen MR) is 73.4 cm³/mol.